The van der Waals surface area contributed by atoms with Crippen LogP contribution in [0.15, 0.2) is 16.6 Å². The lowest BCUT2D eigenvalue weighted by molar-refractivity contribution is -0.139. The molecular formula is C20H27BrN2O. The summed E-state index contributed by atoms with van der Waals surface area (Å²) in [7, 11) is 0. The molecule has 2 atom stereocenters. The van der Waals surface area contributed by atoms with E-state index in [-0.39, 0.29) is 5.92 Å². The highest BCUT2D eigenvalue weighted by atomic mass is 79.9. The van der Waals surface area contributed by atoms with Crippen LogP contribution in [0.25, 0.3) is 0 Å². The van der Waals surface area contributed by atoms with Gasteiger partial charge in [0.05, 0.1) is 0 Å². The van der Waals surface area contributed by atoms with Crippen LogP contribution in [0.5, 0.6) is 0 Å². The number of nitrogens with zero attached hydrogens (tertiary/aromatic N) is 1. The number of benzene rings is 1. The summed E-state index contributed by atoms with van der Waals surface area (Å²) in [6.45, 7) is 3.80. The van der Waals surface area contributed by atoms with Crippen LogP contribution in [-0.4, -0.2) is 23.4 Å². The maximum absolute atomic E-state index is 13.2. The van der Waals surface area contributed by atoms with Gasteiger partial charge in [0.1, 0.15) is 0 Å². The molecule has 0 saturated heterocycles. The van der Waals surface area contributed by atoms with E-state index in [1.54, 1.807) is 0 Å². The molecule has 130 valence electrons. The van der Waals surface area contributed by atoms with Gasteiger partial charge in [0.25, 0.3) is 0 Å². The number of nitrogens with two attached hydrogens (primary N) is 1. The van der Waals surface area contributed by atoms with Gasteiger partial charge in [0, 0.05) is 29.5 Å². The average molecular weight is 391 g/mol. The van der Waals surface area contributed by atoms with Gasteiger partial charge in [-0.25, -0.2) is 0 Å². The lowest BCUT2D eigenvalue weighted by Crippen LogP contribution is -2.50. The van der Waals surface area contributed by atoms with E-state index in [4.69, 9.17) is 5.73 Å². The van der Waals surface area contributed by atoms with Gasteiger partial charge in [0.2, 0.25) is 5.91 Å². The lowest BCUT2D eigenvalue weighted by atomic mass is 9.65. The summed E-state index contributed by atoms with van der Waals surface area (Å²) in [5.74, 6) is 1.73. The van der Waals surface area contributed by atoms with Gasteiger partial charge < -0.3 is 10.6 Å². The van der Waals surface area contributed by atoms with Crippen molar-refractivity contribution < 1.29 is 4.79 Å². The Morgan fingerprint density at radius 2 is 1.96 bits per heavy atom. The molecule has 0 radical (unpaired) electrons. The van der Waals surface area contributed by atoms with Crippen molar-refractivity contribution >= 4 is 21.8 Å². The Morgan fingerprint density at radius 1 is 1.25 bits per heavy atom. The summed E-state index contributed by atoms with van der Waals surface area (Å²) < 4.78 is 1.15. The molecule has 4 rings (SSSR count). The van der Waals surface area contributed by atoms with Gasteiger partial charge in [-0.15, -0.1) is 0 Å². The molecule has 0 aromatic heterocycles. The Morgan fingerprint density at radius 3 is 2.67 bits per heavy atom. The van der Waals surface area contributed by atoms with Crippen molar-refractivity contribution in [2.45, 2.75) is 58.0 Å². The zero-order valence-electron chi connectivity index (χ0n) is 14.4. The molecular weight excluding hydrogens is 364 g/mol. The molecule has 2 aliphatic carbocycles. The van der Waals surface area contributed by atoms with E-state index in [0.29, 0.717) is 23.8 Å². The fourth-order valence-corrected chi connectivity index (χ4v) is 5.87. The van der Waals surface area contributed by atoms with Gasteiger partial charge in [0.15, 0.2) is 0 Å². The number of amides is 1. The van der Waals surface area contributed by atoms with Crippen molar-refractivity contribution in [3.8, 4) is 0 Å². The topological polar surface area (TPSA) is 46.3 Å². The number of halogens is 1. The maximum Gasteiger partial charge on any atom is 0.226 e. The molecule has 3 nitrogen and oxygen atoms in total. The fraction of sp³-hybridized carbons (Fsp3) is 0.650. The Hall–Kier alpha value is -0.870. The SMILES string of the molecule is Cc1cc(Br)cc2c1CN(C(=O)C1CC3CCCC(C1)C3N)CC2. The minimum atomic E-state index is 0.206. The Bertz CT molecular complexity index is 645. The number of hydrogen-bond donors (Lipinski definition) is 1. The number of carbonyl (C=O) groups is 1. The largest absolute Gasteiger partial charge is 0.338 e. The molecule has 2 bridgehead atoms. The number of hydrogen-bond acceptors (Lipinski definition) is 2. The smallest absolute Gasteiger partial charge is 0.226 e. The van der Waals surface area contributed by atoms with E-state index in [1.807, 2.05) is 0 Å². The van der Waals surface area contributed by atoms with Gasteiger partial charge >= 0.3 is 0 Å². The molecule has 4 heteroatoms. The van der Waals surface area contributed by atoms with E-state index in [0.717, 1.165) is 36.8 Å². The third-order valence-corrected chi connectivity index (χ3v) is 7.06. The first-order chi connectivity index (χ1) is 11.5. The molecule has 1 amide bonds. The van der Waals surface area contributed by atoms with Crippen LogP contribution in [0.2, 0.25) is 0 Å². The first-order valence-corrected chi connectivity index (χ1v) is 10.1. The number of rotatable bonds is 1. The van der Waals surface area contributed by atoms with Gasteiger partial charge in [-0.05, 0) is 79.7 Å². The van der Waals surface area contributed by atoms with Crippen LogP contribution in [0.1, 0.15) is 48.8 Å². The number of aryl methyl sites for hydroxylation is 1. The van der Waals surface area contributed by atoms with Crippen LogP contribution < -0.4 is 5.73 Å². The predicted molar refractivity (Wildman–Crippen MR) is 99.5 cm³/mol. The second-order valence-electron chi connectivity index (χ2n) is 8.07. The zero-order valence-corrected chi connectivity index (χ0v) is 16.0. The first-order valence-electron chi connectivity index (χ1n) is 9.35. The minimum Gasteiger partial charge on any atom is -0.338 e. The first kappa shape index (κ1) is 16.6. The molecule has 1 heterocycles. The molecule has 2 N–H and O–H groups in total. The van der Waals surface area contributed by atoms with E-state index < -0.39 is 0 Å². The van der Waals surface area contributed by atoms with Crippen molar-refractivity contribution in [1.29, 1.82) is 0 Å². The molecule has 2 fully saturated rings. The third kappa shape index (κ3) is 2.92. The normalized spacial score (nSPS) is 32.4. The van der Waals surface area contributed by atoms with Crippen LogP contribution in [0, 0.1) is 24.7 Å². The summed E-state index contributed by atoms with van der Waals surface area (Å²) in [6.07, 6.45) is 6.74. The van der Waals surface area contributed by atoms with Crippen molar-refractivity contribution in [3.05, 3.63) is 33.3 Å². The van der Waals surface area contributed by atoms with Crippen molar-refractivity contribution in [3.63, 3.8) is 0 Å². The monoisotopic (exact) mass is 390 g/mol. The van der Waals surface area contributed by atoms with Crippen molar-refractivity contribution in [2.24, 2.45) is 23.5 Å². The lowest BCUT2D eigenvalue weighted by Gasteiger charge is -2.45. The van der Waals surface area contributed by atoms with Crippen LogP contribution in [-0.2, 0) is 17.8 Å². The quantitative estimate of drug-likeness (QED) is 0.792. The molecule has 3 aliphatic rings. The Balaban J connectivity index is 1.50. The highest BCUT2D eigenvalue weighted by molar-refractivity contribution is 9.10. The van der Waals surface area contributed by atoms with Gasteiger partial charge in [-0.2, -0.15) is 0 Å². The second-order valence-corrected chi connectivity index (χ2v) is 8.98. The molecule has 2 unspecified atom stereocenters. The van der Waals surface area contributed by atoms with Gasteiger partial charge in [-0.1, -0.05) is 22.4 Å². The summed E-state index contributed by atoms with van der Waals surface area (Å²) in [5.41, 5.74) is 10.4. The standard InChI is InChI=1S/C20H27BrN2O/c1-12-7-17(21)10-13-5-6-23(11-18(12)13)20(24)16-8-14-3-2-4-15(9-16)19(14)22/h7,10,14-16,19H,2-6,8-9,11,22H2,1H3. The summed E-state index contributed by atoms with van der Waals surface area (Å²) in [4.78, 5) is 15.3. The van der Waals surface area contributed by atoms with E-state index in [2.05, 4.69) is 39.9 Å². The van der Waals surface area contributed by atoms with Crippen molar-refractivity contribution in [2.75, 3.05) is 6.54 Å². The Labute approximate surface area is 153 Å². The molecule has 2 saturated carbocycles. The average Bonchev–Trinajstić information content (AvgIpc) is 2.53. The highest BCUT2D eigenvalue weighted by Gasteiger charge is 2.41. The molecule has 1 aromatic carbocycles. The number of carbonyl (C=O) groups excluding carboxylic acids is 1. The van der Waals surface area contributed by atoms with Crippen LogP contribution >= 0.6 is 15.9 Å². The van der Waals surface area contributed by atoms with Crippen LogP contribution in [0.3, 0.4) is 0 Å². The van der Waals surface area contributed by atoms with Crippen LogP contribution in [0.4, 0.5) is 0 Å². The molecule has 24 heavy (non-hydrogen) atoms. The van der Waals surface area contributed by atoms with E-state index in [1.165, 1.54) is 36.0 Å². The van der Waals surface area contributed by atoms with E-state index in [9.17, 15) is 4.79 Å². The molecule has 0 spiro atoms. The Kier molecular flexibility index (Phi) is 4.46. The zero-order chi connectivity index (χ0) is 16.8. The van der Waals surface area contributed by atoms with E-state index >= 15 is 0 Å². The van der Waals surface area contributed by atoms with Gasteiger partial charge in [-0.3, -0.25) is 4.79 Å². The number of fused-ring (bicyclic) bond motifs is 3. The third-order valence-electron chi connectivity index (χ3n) is 6.60. The highest BCUT2D eigenvalue weighted by Crippen LogP contribution is 2.42. The maximum atomic E-state index is 13.2. The summed E-state index contributed by atoms with van der Waals surface area (Å²) >= 11 is 3.59. The second kappa shape index (κ2) is 6.45. The van der Waals surface area contributed by atoms with Crippen molar-refractivity contribution in [1.82, 2.24) is 4.90 Å². The summed E-state index contributed by atoms with van der Waals surface area (Å²) in [6, 6.07) is 4.72. The minimum absolute atomic E-state index is 0.206. The summed E-state index contributed by atoms with van der Waals surface area (Å²) in [5, 5.41) is 0. The predicted octanol–water partition coefficient (Wildman–Crippen LogP) is 3.80. The fourth-order valence-electron chi connectivity index (χ4n) is 5.25. The molecule has 1 aliphatic heterocycles. The molecule has 1 aromatic rings.